The largest absolute Gasteiger partial charge is 0.394 e. The molecule has 2 fully saturated rings. The molecule has 464 valence electrons. The van der Waals surface area contributed by atoms with Crippen LogP contribution in [0, 0.1) is 0 Å². The van der Waals surface area contributed by atoms with Gasteiger partial charge >= 0.3 is 0 Å². The van der Waals surface area contributed by atoms with Crippen molar-refractivity contribution in [3.05, 3.63) is 72.9 Å². The van der Waals surface area contributed by atoms with Gasteiger partial charge in [0.1, 0.15) is 48.8 Å². The molecule has 0 aromatic rings. The highest BCUT2D eigenvalue weighted by atomic mass is 16.7. The first-order valence-corrected chi connectivity index (χ1v) is 32.2. The molecule has 2 aliphatic rings. The summed E-state index contributed by atoms with van der Waals surface area (Å²) in [4.78, 5) is 13.3. The minimum Gasteiger partial charge on any atom is -0.394 e. The molecule has 12 atom stereocenters. The van der Waals surface area contributed by atoms with Crippen LogP contribution in [0.3, 0.4) is 0 Å². The highest BCUT2D eigenvalue weighted by Crippen LogP contribution is 2.30. The lowest BCUT2D eigenvalue weighted by molar-refractivity contribution is -0.359. The average molecular weight is 1130 g/mol. The first-order valence-electron chi connectivity index (χ1n) is 32.2. The highest BCUT2D eigenvalue weighted by molar-refractivity contribution is 5.76. The molecular weight excluding hydrogens is 1010 g/mol. The maximum Gasteiger partial charge on any atom is 0.220 e. The molecule has 1 amide bonds. The maximum atomic E-state index is 13.3. The molecule has 2 heterocycles. The molecule has 0 radical (unpaired) electrons. The number of amides is 1. The number of aliphatic hydroxyl groups is 8. The topological polar surface area (TPSA) is 228 Å². The maximum absolute atomic E-state index is 13.3. The van der Waals surface area contributed by atoms with Crippen LogP contribution in [0.25, 0.3) is 0 Å². The zero-order valence-electron chi connectivity index (χ0n) is 50.1. The molecule has 14 nitrogen and oxygen atoms in total. The van der Waals surface area contributed by atoms with E-state index in [9.17, 15) is 45.6 Å². The molecule has 80 heavy (non-hydrogen) atoms. The second kappa shape index (κ2) is 50.9. The van der Waals surface area contributed by atoms with E-state index in [0.29, 0.717) is 12.8 Å². The van der Waals surface area contributed by atoms with Crippen molar-refractivity contribution in [1.29, 1.82) is 0 Å². The fourth-order valence-corrected chi connectivity index (χ4v) is 10.2. The van der Waals surface area contributed by atoms with E-state index in [1.807, 2.05) is 6.08 Å². The first kappa shape index (κ1) is 73.5. The molecule has 12 unspecified atom stereocenters. The molecule has 0 saturated carbocycles. The number of allylic oxidation sites excluding steroid dienone is 11. The number of hydrogen-bond acceptors (Lipinski definition) is 13. The fraction of sp³-hybridized carbons (Fsp3) is 0.803. The average Bonchev–Trinajstić information content (AvgIpc) is 3.46. The van der Waals surface area contributed by atoms with Crippen molar-refractivity contribution in [1.82, 2.24) is 5.32 Å². The van der Waals surface area contributed by atoms with Gasteiger partial charge in [-0.05, 0) is 83.5 Å². The Morgan fingerprint density at radius 1 is 0.450 bits per heavy atom. The second-order valence-corrected chi connectivity index (χ2v) is 22.5. The molecule has 2 aliphatic heterocycles. The van der Waals surface area contributed by atoms with Crippen LogP contribution in [0.5, 0.6) is 0 Å². The lowest BCUT2D eigenvalue weighted by Crippen LogP contribution is -2.65. The van der Waals surface area contributed by atoms with Gasteiger partial charge in [-0.2, -0.15) is 0 Å². The standard InChI is InChI=1S/C66H117NO13/c1-3-5-7-9-11-13-15-17-19-21-23-25-27-29-31-33-35-37-39-41-43-45-47-49-55(70)54(53-77-65-63(76)61(74)64(57(52-69)79-65)80-66-62(75)60(73)59(72)56(51-68)78-66)67-58(71)50-48-46-44-42-40-38-36-34-32-30-28-26-24-22-20-18-16-14-12-10-8-6-4-2/h16,18,22,24,28,30-31,33,39,41,47,49,54-57,59-66,68-70,72-76H,3-15,17,19-21,23,25-27,29,32,34-38,40,42-46,48,50-53H2,1-2H3,(H,67,71)/b18-16-,24-22-,30-28-,33-31+,41-39+,49-47+. The summed E-state index contributed by atoms with van der Waals surface area (Å²) in [5.41, 5.74) is 0. The monoisotopic (exact) mass is 1130 g/mol. The minimum absolute atomic E-state index is 0.259. The first-order chi connectivity index (χ1) is 39.1. The van der Waals surface area contributed by atoms with E-state index < -0.39 is 86.8 Å². The Bertz CT molecular complexity index is 1620. The summed E-state index contributed by atoms with van der Waals surface area (Å²) in [6, 6.07) is -0.947. The third-order valence-corrected chi connectivity index (χ3v) is 15.3. The van der Waals surface area contributed by atoms with Gasteiger partial charge in [0.05, 0.1) is 32.0 Å². The van der Waals surface area contributed by atoms with Gasteiger partial charge in [-0.15, -0.1) is 0 Å². The van der Waals surface area contributed by atoms with Gasteiger partial charge in [0.15, 0.2) is 12.6 Å². The fourth-order valence-electron chi connectivity index (χ4n) is 10.2. The van der Waals surface area contributed by atoms with Crippen molar-refractivity contribution < 1.29 is 64.6 Å². The van der Waals surface area contributed by atoms with Crippen LogP contribution in [0.2, 0.25) is 0 Å². The van der Waals surface area contributed by atoms with Crippen molar-refractivity contribution in [2.75, 3.05) is 19.8 Å². The summed E-state index contributed by atoms with van der Waals surface area (Å²) in [6.45, 7) is 2.77. The number of carbonyl (C=O) groups excluding carboxylic acids is 1. The lowest BCUT2D eigenvalue weighted by Gasteiger charge is -2.46. The number of rotatable bonds is 51. The van der Waals surface area contributed by atoms with Crippen LogP contribution in [0.4, 0.5) is 0 Å². The quantitative estimate of drug-likeness (QED) is 0.0204. The van der Waals surface area contributed by atoms with E-state index in [1.165, 1.54) is 141 Å². The van der Waals surface area contributed by atoms with Gasteiger partial charge in [0.2, 0.25) is 5.91 Å². The molecular formula is C66H117NO13. The predicted octanol–water partition coefficient (Wildman–Crippen LogP) is 11.9. The number of nitrogens with one attached hydrogen (secondary N) is 1. The van der Waals surface area contributed by atoms with E-state index in [-0.39, 0.29) is 18.9 Å². The van der Waals surface area contributed by atoms with Gasteiger partial charge in [-0.1, -0.05) is 228 Å². The Balaban J connectivity index is 1.77. The van der Waals surface area contributed by atoms with Crippen LogP contribution < -0.4 is 5.32 Å². The van der Waals surface area contributed by atoms with Crippen LogP contribution in [0.1, 0.15) is 245 Å². The van der Waals surface area contributed by atoms with E-state index in [0.717, 1.165) is 70.6 Å². The van der Waals surface area contributed by atoms with Gasteiger partial charge in [0, 0.05) is 6.42 Å². The summed E-state index contributed by atoms with van der Waals surface area (Å²) in [5, 5.41) is 87.2. The number of ether oxygens (including phenoxy) is 4. The SMILES string of the molecule is CCCCCCC/C=C\C/C=C\C/C=C\CCCCCCCCCCC(=O)NC(COC1OC(CO)C(OC2OC(CO)C(O)C(O)C2O)C(O)C1O)C(O)/C=C/CC/C=C/CC/C=C/CCCCCCCCCCCCCCC. The minimum atomic E-state index is -1.80. The highest BCUT2D eigenvalue weighted by Gasteiger charge is 2.51. The summed E-state index contributed by atoms with van der Waals surface area (Å²) in [5.74, 6) is -0.261. The molecule has 0 spiro atoms. The predicted molar refractivity (Wildman–Crippen MR) is 323 cm³/mol. The third kappa shape index (κ3) is 35.5. The zero-order chi connectivity index (χ0) is 58.1. The molecule has 0 aromatic heterocycles. The van der Waals surface area contributed by atoms with Gasteiger partial charge in [-0.3, -0.25) is 4.79 Å². The molecule has 14 heteroatoms. The summed E-state index contributed by atoms with van der Waals surface area (Å²) in [7, 11) is 0. The van der Waals surface area contributed by atoms with E-state index in [2.05, 4.69) is 79.9 Å². The lowest BCUT2D eigenvalue weighted by atomic mass is 9.97. The Labute approximate surface area is 485 Å². The van der Waals surface area contributed by atoms with Crippen molar-refractivity contribution in [2.45, 2.75) is 319 Å². The number of unbranched alkanes of at least 4 members (excludes halogenated alkanes) is 28. The summed E-state index contributed by atoms with van der Waals surface area (Å²) < 4.78 is 22.8. The van der Waals surface area contributed by atoms with Gasteiger partial charge in [-0.25, -0.2) is 0 Å². The Kier molecular flexibility index (Phi) is 46.8. The van der Waals surface area contributed by atoms with Crippen molar-refractivity contribution in [2.24, 2.45) is 0 Å². The van der Waals surface area contributed by atoms with Crippen molar-refractivity contribution in [3.8, 4) is 0 Å². The van der Waals surface area contributed by atoms with E-state index in [4.69, 9.17) is 18.9 Å². The molecule has 2 rings (SSSR count). The smallest absolute Gasteiger partial charge is 0.220 e. The molecule has 9 N–H and O–H groups in total. The van der Waals surface area contributed by atoms with Crippen molar-refractivity contribution >= 4 is 5.91 Å². The van der Waals surface area contributed by atoms with Gasteiger partial charge < -0.3 is 65.1 Å². The van der Waals surface area contributed by atoms with Crippen molar-refractivity contribution in [3.63, 3.8) is 0 Å². The molecule has 2 saturated heterocycles. The third-order valence-electron chi connectivity index (χ3n) is 15.3. The summed E-state index contributed by atoms with van der Waals surface area (Å²) in [6.07, 6.45) is 50.8. The van der Waals surface area contributed by atoms with Crippen LogP contribution in [-0.4, -0.2) is 140 Å². The normalized spacial score (nSPS) is 24.7. The van der Waals surface area contributed by atoms with Crippen LogP contribution in [0.15, 0.2) is 72.9 Å². The number of hydrogen-bond donors (Lipinski definition) is 9. The number of aliphatic hydroxyl groups excluding tert-OH is 8. The Hall–Kier alpha value is -2.57. The molecule has 0 bridgehead atoms. The Morgan fingerprint density at radius 3 is 1.31 bits per heavy atom. The molecule has 0 aromatic carbocycles. The zero-order valence-corrected chi connectivity index (χ0v) is 50.1. The summed E-state index contributed by atoms with van der Waals surface area (Å²) >= 11 is 0. The molecule has 0 aliphatic carbocycles. The second-order valence-electron chi connectivity index (χ2n) is 22.5. The van der Waals surface area contributed by atoms with Crippen LogP contribution >= 0.6 is 0 Å². The van der Waals surface area contributed by atoms with E-state index in [1.54, 1.807) is 6.08 Å². The number of carbonyl (C=O) groups is 1. The van der Waals surface area contributed by atoms with Crippen LogP contribution in [-0.2, 0) is 23.7 Å². The van der Waals surface area contributed by atoms with Gasteiger partial charge in [0.25, 0.3) is 0 Å². The van der Waals surface area contributed by atoms with E-state index >= 15 is 0 Å². The Morgan fingerprint density at radius 2 is 0.838 bits per heavy atom.